The largest absolute Gasteiger partial charge is 0.326 e. The number of carbonyl (C=O) groups excluding carboxylic acids is 1. The number of nitrogens with one attached hydrogen (secondary N) is 1. The molecular weight excluding hydrogens is 344 g/mol. The van der Waals surface area contributed by atoms with Gasteiger partial charge < -0.3 is 9.88 Å². The molecule has 1 N–H and O–H groups in total. The topological polar surface area (TPSA) is 59.8 Å². The minimum Gasteiger partial charge on any atom is -0.326 e. The molecule has 0 radical (unpaired) electrons. The Kier molecular flexibility index (Phi) is 5.11. The highest BCUT2D eigenvalue weighted by Crippen LogP contribution is 2.24. The number of thiophene rings is 1. The fourth-order valence-corrected chi connectivity index (χ4v) is 4.02. The molecule has 1 aliphatic rings. The smallest absolute Gasteiger partial charge is 0.224 e. The highest BCUT2D eigenvalue weighted by molar-refractivity contribution is 7.07. The summed E-state index contributed by atoms with van der Waals surface area (Å²) in [7, 11) is 0. The molecule has 3 heterocycles. The maximum absolute atomic E-state index is 12.1. The van der Waals surface area contributed by atoms with Crippen LogP contribution < -0.4 is 5.32 Å². The molecule has 0 unspecified atom stereocenters. The van der Waals surface area contributed by atoms with Gasteiger partial charge in [0, 0.05) is 30.6 Å². The van der Waals surface area contributed by atoms with Crippen LogP contribution in [0.3, 0.4) is 0 Å². The second-order valence-corrected chi connectivity index (χ2v) is 7.44. The van der Waals surface area contributed by atoms with Gasteiger partial charge in [-0.1, -0.05) is 6.42 Å². The summed E-state index contributed by atoms with van der Waals surface area (Å²) in [6.45, 7) is 0.985. The van der Waals surface area contributed by atoms with Gasteiger partial charge in [-0.25, -0.2) is 0 Å². The van der Waals surface area contributed by atoms with Gasteiger partial charge in [-0.05, 0) is 65.9 Å². The number of amides is 1. The third kappa shape index (κ3) is 3.85. The van der Waals surface area contributed by atoms with E-state index < -0.39 is 0 Å². The zero-order valence-electron chi connectivity index (χ0n) is 14.6. The first-order chi connectivity index (χ1) is 12.8. The minimum absolute atomic E-state index is 0.0419. The standard InChI is InChI=1S/C20H22N4OS/c25-19(10-5-15-11-13-26-14-15)21-17-8-6-16(7-9-17)20-23-22-18-4-2-1-3-12-24(18)20/h6-9,11,13-14H,1-5,10,12H2,(H,21,25). The van der Waals surface area contributed by atoms with Crippen molar-refractivity contribution in [2.75, 3.05) is 5.32 Å². The van der Waals surface area contributed by atoms with E-state index in [-0.39, 0.29) is 5.91 Å². The summed E-state index contributed by atoms with van der Waals surface area (Å²) in [6, 6.07) is 9.97. The molecule has 26 heavy (non-hydrogen) atoms. The Balaban J connectivity index is 1.41. The summed E-state index contributed by atoms with van der Waals surface area (Å²) < 4.78 is 2.24. The number of carbonyl (C=O) groups is 1. The third-order valence-electron chi connectivity index (χ3n) is 4.76. The van der Waals surface area contributed by atoms with Gasteiger partial charge in [0.1, 0.15) is 5.82 Å². The van der Waals surface area contributed by atoms with Crippen LogP contribution in [0.15, 0.2) is 41.1 Å². The summed E-state index contributed by atoms with van der Waals surface area (Å²) in [5.74, 6) is 2.06. The summed E-state index contributed by atoms with van der Waals surface area (Å²) in [6.07, 6.45) is 5.89. The normalized spacial score (nSPS) is 13.8. The van der Waals surface area contributed by atoms with E-state index in [1.165, 1.54) is 24.8 Å². The van der Waals surface area contributed by atoms with Crippen LogP contribution in [0.4, 0.5) is 5.69 Å². The van der Waals surface area contributed by atoms with Crippen LogP contribution in [0.25, 0.3) is 11.4 Å². The lowest BCUT2D eigenvalue weighted by Gasteiger charge is -2.08. The molecule has 0 atom stereocenters. The van der Waals surface area contributed by atoms with Gasteiger partial charge in [-0.2, -0.15) is 11.3 Å². The molecule has 0 aliphatic carbocycles. The number of hydrogen-bond acceptors (Lipinski definition) is 4. The maximum Gasteiger partial charge on any atom is 0.224 e. The van der Waals surface area contributed by atoms with Gasteiger partial charge in [-0.3, -0.25) is 4.79 Å². The average molecular weight is 366 g/mol. The first kappa shape index (κ1) is 17.0. The number of benzene rings is 1. The zero-order valence-corrected chi connectivity index (χ0v) is 15.5. The molecule has 1 amide bonds. The van der Waals surface area contributed by atoms with Crippen LogP contribution in [0.2, 0.25) is 0 Å². The second-order valence-electron chi connectivity index (χ2n) is 6.66. The number of anilines is 1. The van der Waals surface area contributed by atoms with Crippen LogP contribution in [0.1, 0.15) is 37.1 Å². The lowest BCUT2D eigenvalue weighted by molar-refractivity contribution is -0.116. The average Bonchev–Trinajstić information content (AvgIpc) is 3.26. The predicted octanol–water partition coefficient (Wildman–Crippen LogP) is 4.30. The number of nitrogens with zero attached hydrogens (tertiary/aromatic N) is 3. The van der Waals surface area contributed by atoms with E-state index >= 15 is 0 Å². The Hall–Kier alpha value is -2.47. The predicted molar refractivity (Wildman–Crippen MR) is 104 cm³/mol. The molecule has 134 valence electrons. The third-order valence-corrected chi connectivity index (χ3v) is 5.49. The van der Waals surface area contributed by atoms with Gasteiger partial charge in [0.05, 0.1) is 0 Å². The first-order valence-corrected chi connectivity index (χ1v) is 10.1. The quantitative estimate of drug-likeness (QED) is 0.732. The summed E-state index contributed by atoms with van der Waals surface area (Å²) in [4.78, 5) is 12.1. The van der Waals surface area contributed by atoms with E-state index in [9.17, 15) is 4.79 Å². The van der Waals surface area contributed by atoms with Crippen LogP contribution in [-0.2, 0) is 24.2 Å². The van der Waals surface area contributed by atoms with E-state index in [2.05, 4.69) is 31.5 Å². The van der Waals surface area contributed by atoms with Crippen molar-refractivity contribution in [1.29, 1.82) is 0 Å². The summed E-state index contributed by atoms with van der Waals surface area (Å²) in [5.41, 5.74) is 3.08. The van der Waals surface area contributed by atoms with Crippen molar-refractivity contribution in [1.82, 2.24) is 14.8 Å². The van der Waals surface area contributed by atoms with Crippen molar-refractivity contribution in [3.05, 3.63) is 52.5 Å². The fraction of sp³-hybridized carbons (Fsp3) is 0.350. The zero-order chi connectivity index (χ0) is 17.8. The Morgan fingerprint density at radius 3 is 2.81 bits per heavy atom. The van der Waals surface area contributed by atoms with Gasteiger partial charge in [0.2, 0.25) is 5.91 Å². The molecule has 3 aromatic rings. The molecule has 2 aromatic heterocycles. The monoisotopic (exact) mass is 366 g/mol. The molecule has 0 saturated heterocycles. The maximum atomic E-state index is 12.1. The Bertz CT molecular complexity index is 868. The fourth-order valence-electron chi connectivity index (χ4n) is 3.32. The van der Waals surface area contributed by atoms with E-state index in [1.807, 2.05) is 29.6 Å². The molecule has 4 rings (SSSR count). The van der Waals surface area contributed by atoms with Gasteiger partial charge >= 0.3 is 0 Å². The minimum atomic E-state index is 0.0419. The molecule has 0 fully saturated rings. The lowest BCUT2D eigenvalue weighted by Crippen LogP contribution is -2.12. The first-order valence-electron chi connectivity index (χ1n) is 9.13. The van der Waals surface area contributed by atoms with E-state index in [0.717, 1.165) is 42.3 Å². The number of fused-ring (bicyclic) bond motifs is 1. The molecule has 0 bridgehead atoms. The number of rotatable bonds is 5. The van der Waals surface area contributed by atoms with Gasteiger partial charge in [0.15, 0.2) is 5.82 Å². The van der Waals surface area contributed by atoms with Crippen LogP contribution >= 0.6 is 11.3 Å². The van der Waals surface area contributed by atoms with Gasteiger partial charge in [-0.15, -0.1) is 10.2 Å². The highest BCUT2D eigenvalue weighted by Gasteiger charge is 2.16. The molecule has 5 nitrogen and oxygen atoms in total. The number of aromatic nitrogens is 3. The summed E-state index contributed by atoms with van der Waals surface area (Å²) in [5, 5.41) is 15.8. The molecule has 1 aliphatic heterocycles. The SMILES string of the molecule is O=C(CCc1ccsc1)Nc1ccc(-c2nnc3n2CCCCC3)cc1. The molecular formula is C20H22N4OS. The van der Waals surface area contributed by atoms with Crippen molar-refractivity contribution in [3.8, 4) is 11.4 Å². The van der Waals surface area contributed by atoms with Crippen molar-refractivity contribution >= 4 is 22.9 Å². The molecule has 1 aromatic carbocycles. The van der Waals surface area contributed by atoms with E-state index in [4.69, 9.17) is 0 Å². The summed E-state index contributed by atoms with van der Waals surface area (Å²) >= 11 is 1.66. The highest BCUT2D eigenvalue weighted by atomic mass is 32.1. The van der Waals surface area contributed by atoms with Crippen LogP contribution in [0, 0.1) is 0 Å². The van der Waals surface area contributed by atoms with E-state index in [1.54, 1.807) is 11.3 Å². The molecule has 0 spiro atoms. The van der Waals surface area contributed by atoms with Crippen molar-refractivity contribution in [2.24, 2.45) is 0 Å². The van der Waals surface area contributed by atoms with Crippen LogP contribution in [-0.4, -0.2) is 20.7 Å². The molecule has 0 saturated carbocycles. The van der Waals surface area contributed by atoms with Crippen molar-refractivity contribution in [3.63, 3.8) is 0 Å². The van der Waals surface area contributed by atoms with Crippen LogP contribution in [0.5, 0.6) is 0 Å². The number of aryl methyl sites for hydroxylation is 2. The molecule has 6 heteroatoms. The number of hydrogen-bond donors (Lipinski definition) is 1. The lowest BCUT2D eigenvalue weighted by atomic mass is 10.1. The Labute approximate surface area is 157 Å². The van der Waals surface area contributed by atoms with Gasteiger partial charge in [0.25, 0.3) is 0 Å². The van der Waals surface area contributed by atoms with Crippen molar-refractivity contribution < 1.29 is 4.79 Å². The Morgan fingerprint density at radius 2 is 2.00 bits per heavy atom. The second kappa shape index (κ2) is 7.83. The van der Waals surface area contributed by atoms with Crippen molar-refractivity contribution in [2.45, 2.75) is 45.1 Å². The Morgan fingerprint density at radius 1 is 1.12 bits per heavy atom. The van der Waals surface area contributed by atoms with E-state index in [0.29, 0.717) is 6.42 Å².